The second-order valence-corrected chi connectivity index (χ2v) is 5.48. The van der Waals surface area contributed by atoms with Gasteiger partial charge in [0.15, 0.2) is 12.3 Å². The van der Waals surface area contributed by atoms with Crippen LogP contribution in [0, 0.1) is 0 Å². The predicted molar refractivity (Wildman–Crippen MR) is 46.6 cm³/mol. The summed E-state index contributed by atoms with van der Waals surface area (Å²) in [6.45, 7) is 0. The van der Waals surface area contributed by atoms with Crippen LogP contribution >= 0.6 is 19.4 Å². The van der Waals surface area contributed by atoms with Crippen molar-refractivity contribution in [1.29, 1.82) is 0 Å². The average molecular weight is 198 g/mol. The third kappa shape index (κ3) is 4.31. The van der Waals surface area contributed by atoms with Gasteiger partial charge in [-0.2, -0.15) is 0 Å². The molecule has 0 atom stereocenters. The smallest absolute Gasteiger partial charge is 0.164 e. The van der Waals surface area contributed by atoms with Crippen LogP contribution in [0.15, 0.2) is 0 Å². The fraction of sp³-hybridized carbons (Fsp3) is 0.750. The van der Waals surface area contributed by atoms with Crippen LogP contribution in [-0.4, -0.2) is 34.3 Å². The molecule has 0 aliphatic heterocycles. The molecule has 0 heterocycles. The third-order valence-corrected chi connectivity index (χ3v) is 2.97. The van der Waals surface area contributed by atoms with E-state index in [1.54, 1.807) is 0 Å². The first-order chi connectivity index (χ1) is 5.04. The Bertz CT molecular complexity index is 178. The zero-order valence-corrected chi connectivity index (χ0v) is 7.57. The van der Waals surface area contributed by atoms with E-state index in [0.717, 1.165) is 0 Å². The summed E-state index contributed by atoms with van der Waals surface area (Å²) in [6, 6.07) is 0. The Kier molecular flexibility index (Phi) is 4.60. The summed E-state index contributed by atoms with van der Waals surface area (Å²) in [7, 11) is -2.90. The van der Waals surface area contributed by atoms with E-state index in [4.69, 9.17) is 15.9 Å². The van der Waals surface area contributed by atoms with Crippen LogP contribution in [0.1, 0.15) is 0 Å². The largest absolute Gasteiger partial charge is 0.388 e. The lowest BCUT2D eigenvalue weighted by molar-refractivity contribution is 0.324. The molecule has 0 aromatic rings. The summed E-state index contributed by atoms with van der Waals surface area (Å²) < 4.78 is 11.2. The highest BCUT2D eigenvalue weighted by molar-refractivity contribution is 7.80. The molecule has 0 amide bonds. The van der Waals surface area contributed by atoms with Gasteiger partial charge in [0.1, 0.15) is 0 Å². The topological polar surface area (TPSA) is 95.6 Å². The van der Waals surface area contributed by atoms with Gasteiger partial charge in [-0.25, -0.2) is 0 Å². The fourth-order valence-corrected chi connectivity index (χ4v) is 1.29. The molecule has 0 saturated heterocycles. The molecule has 0 unspecified atom stereocenters. The van der Waals surface area contributed by atoms with Crippen LogP contribution in [-0.2, 0) is 4.57 Å². The van der Waals surface area contributed by atoms with E-state index in [9.17, 15) is 4.57 Å². The first-order valence-corrected chi connectivity index (χ1v) is 5.53. The maximum absolute atomic E-state index is 11.2. The zero-order valence-electron chi connectivity index (χ0n) is 5.86. The Morgan fingerprint density at radius 1 is 1.55 bits per heavy atom. The monoisotopic (exact) mass is 198 g/mol. The lowest BCUT2D eigenvalue weighted by Crippen LogP contribution is -2.30. The minimum absolute atomic E-state index is 0.00660. The van der Waals surface area contributed by atoms with E-state index in [1.165, 1.54) is 0 Å². The second kappa shape index (κ2) is 4.66. The minimum Gasteiger partial charge on any atom is -0.388 e. The lowest BCUT2D eigenvalue weighted by Gasteiger charge is -2.12. The number of hydrogen-bond acceptors (Lipinski definition) is 4. The molecule has 5 nitrogen and oxygen atoms in total. The van der Waals surface area contributed by atoms with Crippen molar-refractivity contribution in [2.45, 2.75) is 0 Å². The molecule has 0 fully saturated rings. The summed E-state index contributed by atoms with van der Waals surface area (Å²) in [5, 5.41) is 19.5. The molecule has 0 spiro atoms. The van der Waals surface area contributed by atoms with Gasteiger partial charge >= 0.3 is 0 Å². The molecule has 0 saturated carbocycles. The van der Waals surface area contributed by atoms with Crippen molar-refractivity contribution in [1.82, 2.24) is 5.32 Å². The molecule has 11 heavy (non-hydrogen) atoms. The zero-order chi connectivity index (χ0) is 8.91. The highest BCUT2D eigenvalue weighted by atomic mass is 32.1. The predicted octanol–water partition coefficient (Wildman–Crippen LogP) is -0.960. The number of rotatable bonds is 4. The van der Waals surface area contributed by atoms with Crippen LogP contribution in [0.3, 0.4) is 0 Å². The Balaban J connectivity index is 3.89. The maximum Gasteiger partial charge on any atom is 0.164 e. The summed E-state index contributed by atoms with van der Waals surface area (Å²) in [6.07, 6.45) is -1.15. The van der Waals surface area contributed by atoms with Crippen molar-refractivity contribution in [3.8, 4) is 0 Å². The molecule has 5 N–H and O–H groups in total. The summed E-state index contributed by atoms with van der Waals surface area (Å²) in [5.74, 6) is 0. The van der Waals surface area contributed by atoms with Gasteiger partial charge in [-0.05, 0) is 12.2 Å². The Morgan fingerprint density at radius 3 is 2.27 bits per heavy atom. The van der Waals surface area contributed by atoms with Crippen LogP contribution in [0.5, 0.6) is 0 Å². The molecule has 0 radical (unpaired) electrons. The summed E-state index contributed by atoms with van der Waals surface area (Å²) >= 11 is 4.44. The average Bonchev–Trinajstić information content (AvgIpc) is 2.00. The Morgan fingerprint density at radius 2 is 2.00 bits per heavy atom. The van der Waals surface area contributed by atoms with Gasteiger partial charge < -0.3 is 25.8 Å². The normalized spacial score (nSPS) is 11.1. The van der Waals surface area contributed by atoms with Crippen molar-refractivity contribution < 1.29 is 14.8 Å². The maximum atomic E-state index is 11.2. The van der Waals surface area contributed by atoms with E-state index in [2.05, 4.69) is 17.5 Å². The van der Waals surface area contributed by atoms with Gasteiger partial charge in [0.2, 0.25) is 0 Å². The molecule has 0 aliphatic carbocycles. The quantitative estimate of drug-likeness (QED) is 0.343. The van der Waals surface area contributed by atoms with Crippen molar-refractivity contribution in [3.63, 3.8) is 0 Å². The van der Waals surface area contributed by atoms with Crippen molar-refractivity contribution >= 4 is 24.5 Å². The van der Waals surface area contributed by atoms with E-state index < -0.39 is 19.8 Å². The first kappa shape index (κ1) is 10.8. The number of nitrogens with two attached hydrogens (primary N) is 1. The molecule has 0 bridgehead atoms. The third-order valence-electron chi connectivity index (χ3n) is 1.06. The molecule has 0 aromatic heterocycles. The van der Waals surface area contributed by atoms with E-state index in [0.29, 0.717) is 0 Å². The van der Waals surface area contributed by atoms with Crippen LogP contribution in [0.2, 0.25) is 0 Å². The SMILES string of the molecule is NC(=S)NCP(=O)(CO)CO. The first-order valence-electron chi connectivity index (χ1n) is 2.86. The molecular formula is C4H11N2O3PS. The Hall–Kier alpha value is -0.160. The van der Waals surface area contributed by atoms with Gasteiger partial charge in [-0.3, -0.25) is 0 Å². The highest BCUT2D eigenvalue weighted by Gasteiger charge is 2.18. The van der Waals surface area contributed by atoms with E-state index in [-0.39, 0.29) is 11.4 Å². The minimum atomic E-state index is -2.90. The molecule has 0 aliphatic rings. The molecule has 66 valence electrons. The van der Waals surface area contributed by atoms with Gasteiger partial charge in [-0.15, -0.1) is 0 Å². The van der Waals surface area contributed by atoms with Crippen molar-refractivity contribution in [2.75, 3.05) is 19.0 Å². The number of aliphatic hydroxyl groups is 2. The van der Waals surface area contributed by atoms with Crippen LogP contribution < -0.4 is 11.1 Å². The number of hydrogen-bond donors (Lipinski definition) is 4. The molecule has 0 rings (SSSR count). The fourth-order valence-electron chi connectivity index (χ4n) is 0.367. The van der Waals surface area contributed by atoms with Crippen LogP contribution in [0.4, 0.5) is 0 Å². The van der Waals surface area contributed by atoms with E-state index in [1.807, 2.05) is 0 Å². The Labute approximate surface area is 70.0 Å². The lowest BCUT2D eigenvalue weighted by atomic mass is 11.1. The van der Waals surface area contributed by atoms with Crippen molar-refractivity contribution in [3.05, 3.63) is 0 Å². The number of thiocarbonyl (C=S) groups is 1. The summed E-state index contributed by atoms with van der Waals surface area (Å²) in [4.78, 5) is 0. The highest BCUT2D eigenvalue weighted by Crippen LogP contribution is 2.41. The molecule has 0 aromatic carbocycles. The molecule has 7 heteroatoms. The standard InChI is InChI=1S/C4H11N2O3PS/c5-4(11)6-1-10(9,2-7)3-8/h7-8H,1-3H2,(H3,5,6,11). The van der Waals surface area contributed by atoms with E-state index >= 15 is 0 Å². The summed E-state index contributed by atoms with van der Waals surface area (Å²) in [5.41, 5.74) is 5.04. The van der Waals surface area contributed by atoms with Gasteiger partial charge in [-0.1, -0.05) is 0 Å². The van der Waals surface area contributed by atoms with Gasteiger partial charge in [0.25, 0.3) is 0 Å². The van der Waals surface area contributed by atoms with Gasteiger partial charge in [0.05, 0.1) is 19.0 Å². The number of nitrogens with one attached hydrogen (secondary N) is 1. The second-order valence-electron chi connectivity index (χ2n) is 2.04. The number of aliphatic hydroxyl groups excluding tert-OH is 2. The van der Waals surface area contributed by atoms with Crippen molar-refractivity contribution in [2.24, 2.45) is 5.73 Å². The molecular weight excluding hydrogens is 187 g/mol. The van der Waals surface area contributed by atoms with Crippen LogP contribution in [0.25, 0.3) is 0 Å². The van der Waals surface area contributed by atoms with Gasteiger partial charge in [0, 0.05) is 0 Å².